The number of hydrogen-bond acceptors (Lipinski definition) is 3. The summed E-state index contributed by atoms with van der Waals surface area (Å²) in [6, 6.07) is -0.596. The van der Waals surface area contributed by atoms with Gasteiger partial charge in [-0.1, -0.05) is 13.3 Å². The predicted octanol–water partition coefficient (Wildman–Crippen LogP) is -0.244. The molecular weight excluding hydrogens is 206 g/mol. The Labute approximate surface area is 96.1 Å². The van der Waals surface area contributed by atoms with Crippen molar-refractivity contribution in [2.45, 2.75) is 39.2 Å². The molecule has 0 aromatic carbocycles. The molecule has 1 heterocycles. The molecule has 1 saturated heterocycles. The van der Waals surface area contributed by atoms with Gasteiger partial charge in [-0.05, 0) is 26.3 Å². The third kappa shape index (κ3) is 2.72. The maximum atomic E-state index is 12.1. The van der Waals surface area contributed by atoms with Gasteiger partial charge in [0.15, 0.2) is 0 Å². The second kappa shape index (κ2) is 5.30. The molecule has 92 valence electrons. The van der Waals surface area contributed by atoms with E-state index in [1.807, 2.05) is 0 Å². The van der Waals surface area contributed by atoms with E-state index < -0.39 is 11.9 Å². The highest BCUT2D eigenvalue weighted by Gasteiger charge is 2.40. The molecule has 1 aliphatic rings. The number of carbonyl (C=O) groups is 2. The molecule has 0 aromatic heterocycles. The average Bonchev–Trinajstić information content (AvgIpc) is 2.68. The molecule has 4 N–H and O–H groups in total. The van der Waals surface area contributed by atoms with E-state index in [-0.39, 0.29) is 11.3 Å². The number of primary amides is 1. The molecule has 16 heavy (non-hydrogen) atoms. The fourth-order valence-corrected chi connectivity index (χ4v) is 2.16. The monoisotopic (exact) mass is 227 g/mol. The predicted molar refractivity (Wildman–Crippen MR) is 61.6 cm³/mol. The van der Waals surface area contributed by atoms with Crippen molar-refractivity contribution in [1.82, 2.24) is 10.6 Å². The van der Waals surface area contributed by atoms with Gasteiger partial charge in [-0.25, -0.2) is 0 Å². The summed E-state index contributed by atoms with van der Waals surface area (Å²) in [6.07, 6.45) is 2.63. The first-order chi connectivity index (χ1) is 7.52. The van der Waals surface area contributed by atoms with Gasteiger partial charge in [0, 0.05) is 6.54 Å². The quantitative estimate of drug-likeness (QED) is 0.606. The SMILES string of the molecule is CCCC1(C(=O)NC(C)C(N)=O)CCNC1. The third-order valence-corrected chi connectivity index (χ3v) is 3.23. The summed E-state index contributed by atoms with van der Waals surface area (Å²) in [6.45, 7) is 5.23. The van der Waals surface area contributed by atoms with Gasteiger partial charge in [-0.3, -0.25) is 9.59 Å². The molecule has 1 fully saturated rings. The summed E-state index contributed by atoms with van der Waals surface area (Å²) in [4.78, 5) is 23.0. The number of rotatable bonds is 5. The summed E-state index contributed by atoms with van der Waals surface area (Å²) in [7, 11) is 0. The first kappa shape index (κ1) is 13.0. The number of carbonyl (C=O) groups excluding carboxylic acids is 2. The molecule has 5 nitrogen and oxygen atoms in total. The van der Waals surface area contributed by atoms with Crippen LogP contribution in [0.3, 0.4) is 0 Å². The molecule has 0 spiro atoms. The first-order valence-corrected chi connectivity index (χ1v) is 5.83. The molecule has 0 aliphatic carbocycles. The van der Waals surface area contributed by atoms with Crippen LogP contribution in [0.25, 0.3) is 0 Å². The lowest BCUT2D eigenvalue weighted by Crippen LogP contribution is -2.50. The average molecular weight is 227 g/mol. The second-order valence-corrected chi connectivity index (χ2v) is 4.55. The first-order valence-electron chi connectivity index (χ1n) is 5.83. The number of hydrogen-bond donors (Lipinski definition) is 3. The van der Waals surface area contributed by atoms with Crippen molar-refractivity contribution >= 4 is 11.8 Å². The van der Waals surface area contributed by atoms with Crippen LogP contribution in [-0.4, -0.2) is 30.9 Å². The van der Waals surface area contributed by atoms with Crippen LogP contribution in [0.2, 0.25) is 0 Å². The minimum Gasteiger partial charge on any atom is -0.368 e. The Hall–Kier alpha value is -1.10. The minimum atomic E-state index is -0.596. The van der Waals surface area contributed by atoms with Crippen molar-refractivity contribution in [2.24, 2.45) is 11.1 Å². The highest BCUT2D eigenvalue weighted by molar-refractivity contribution is 5.89. The molecule has 2 amide bonds. The van der Waals surface area contributed by atoms with Crippen molar-refractivity contribution in [3.63, 3.8) is 0 Å². The van der Waals surface area contributed by atoms with E-state index in [4.69, 9.17) is 5.73 Å². The van der Waals surface area contributed by atoms with Gasteiger partial charge in [-0.2, -0.15) is 0 Å². The maximum absolute atomic E-state index is 12.1. The van der Waals surface area contributed by atoms with Crippen LogP contribution in [0.4, 0.5) is 0 Å². The van der Waals surface area contributed by atoms with Crippen LogP contribution in [0.1, 0.15) is 33.1 Å². The largest absolute Gasteiger partial charge is 0.368 e. The van der Waals surface area contributed by atoms with Gasteiger partial charge < -0.3 is 16.4 Å². The van der Waals surface area contributed by atoms with Gasteiger partial charge in [-0.15, -0.1) is 0 Å². The second-order valence-electron chi connectivity index (χ2n) is 4.55. The highest BCUT2D eigenvalue weighted by Crippen LogP contribution is 2.31. The van der Waals surface area contributed by atoms with Crippen LogP contribution in [0.15, 0.2) is 0 Å². The van der Waals surface area contributed by atoms with E-state index in [0.29, 0.717) is 6.54 Å². The van der Waals surface area contributed by atoms with Crippen molar-refractivity contribution in [2.75, 3.05) is 13.1 Å². The molecule has 0 bridgehead atoms. The van der Waals surface area contributed by atoms with E-state index >= 15 is 0 Å². The number of nitrogens with two attached hydrogens (primary N) is 1. The van der Waals surface area contributed by atoms with Crippen LogP contribution < -0.4 is 16.4 Å². The van der Waals surface area contributed by atoms with Crippen LogP contribution in [0, 0.1) is 5.41 Å². The van der Waals surface area contributed by atoms with Gasteiger partial charge >= 0.3 is 0 Å². The molecular formula is C11H21N3O2. The molecule has 1 rings (SSSR count). The summed E-state index contributed by atoms with van der Waals surface area (Å²) in [5.74, 6) is -0.545. The van der Waals surface area contributed by atoms with E-state index in [1.54, 1.807) is 6.92 Å². The van der Waals surface area contributed by atoms with Gasteiger partial charge in [0.05, 0.1) is 5.41 Å². The lowest BCUT2D eigenvalue weighted by Gasteiger charge is -2.27. The molecule has 2 atom stereocenters. The Balaban J connectivity index is 2.65. The number of amides is 2. The van der Waals surface area contributed by atoms with Crippen LogP contribution >= 0.6 is 0 Å². The van der Waals surface area contributed by atoms with E-state index in [9.17, 15) is 9.59 Å². The zero-order valence-corrected chi connectivity index (χ0v) is 10.0. The minimum absolute atomic E-state index is 0.0503. The van der Waals surface area contributed by atoms with Crippen molar-refractivity contribution < 1.29 is 9.59 Å². The summed E-state index contributed by atoms with van der Waals surface area (Å²) in [5.41, 5.74) is 4.78. The van der Waals surface area contributed by atoms with Crippen molar-refractivity contribution in [3.05, 3.63) is 0 Å². The normalized spacial score (nSPS) is 26.4. The molecule has 5 heteroatoms. The fraction of sp³-hybridized carbons (Fsp3) is 0.818. The molecule has 0 radical (unpaired) electrons. The van der Waals surface area contributed by atoms with E-state index in [2.05, 4.69) is 17.6 Å². The zero-order chi connectivity index (χ0) is 12.2. The Kier molecular flexibility index (Phi) is 4.29. The Morgan fingerprint density at radius 3 is 2.69 bits per heavy atom. The van der Waals surface area contributed by atoms with E-state index in [0.717, 1.165) is 25.8 Å². The lowest BCUT2D eigenvalue weighted by molar-refractivity contribution is -0.134. The lowest BCUT2D eigenvalue weighted by atomic mass is 9.81. The van der Waals surface area contributed by atoms with Gasteiger partial charge in [0.25, 0.3) is 0 Å². The van der Waals surface area contributed by atoms with Crippen molar-refractivity contribution in [1.29, 1.82) is 0 Å². The van der Waals surface area contributed by atoms with Crippen LogP contribution in [0.5, 0.6) is 0 Å². The van der Waals surface area contributed by atoms with Gasteiger partial charge in [0.2, 0.25) is 11.8 Å². The maximum Gasteiger partial charge on any atom is 0.239 e. The van der Waals surface area contributed by atoms with Gasteiger partial charge in [0.1, 0.15) is 6.04 Å². The highest BCUT2D eigenvalue weighted by atomic mass is 16.2. The molecule has 1 aliphatic heterocycles. The standard InChI is InChI=1S/C11H21N3O2/c1-3-4-11(5-6-13-7-11)10(16)14-8(2)9(12)15/h8,13H,3-7H2,1-2H3,(H2,12,15)(H,14,16). The Morgan fingerprint density at radius 2 is 2.25 bits per heavy atom. The Bertz CT molecular complexity index is 272. The van der Waals surface area contributed by atoms with E-state index in [1.165, 1.54) is 0 Å². The summed E-state index contributed by atoms with van der Waals surface area (Å²) < 4.78 is 0. The zero-order valence-electron chi connectivity index (χ0n) is 10.0. The third-order valence-electron chi connectivity index (χ3n) is 3.23. The molecule has 0 aromatic rings. The smallest absolute Gasteiger partial charge is 0.239 e. The van der Waals surface area contributed by atoms with Crippen LogP contribution in [-0.2, 0) is 9.59 Å². The summed E-state index contributed by atoms with van der Waals surface area (Å²) in [5, 5.41) is 5.90. The molecule has 2 unspecified atom stereocenters. The number of nitrogens with one attached hydrogen (secondary N) is 2. The fourth-order valence-electron chi connectivity index (χ4n) is 2.16. The summed E-state index contributed by atoms with van der Waals surface area (Å²) >= 11 is 0. The molecule has 0 saturated carbocycles. The van der Waals surface area contributed by atoms with Crippen molar-refractivity contribution in [3.8, 4) is 0 Å². The Morgan fingerprint density at radius 1 is 1.56 bits per heavy atom. The topological polar surface area (TPSA) is 84.2 Å².